The molecule has 1 aromatic heterocycles. The summed E-state index contributed by atoms with van der Waals surface area (Å²) in [6, 6.07) is 7.23. The highest BCUT2D eigenvalue weighted by Crippen LogP contribution is 2.23. The molecule has 4 nitrogen and oxygen atoms in total. The number of aromatic nitrogens is 1. The molecule has 0 fully saturated rings. The van der Waals surface area contributed by atoms with Crippen LogP contribution < -0.4 is 5.32 Å². The number of carboxylic acid groups (broad SMARTS) is 1. The molecule has 0 aliphatic carbocycles. The largest absolute Gasteiger partial charge is 0.478 e. The first-order valence-electron chi connectivity index (χ1n) is 5.40. The maximum absolute atomic E-state index is 13.0. The minimum Gasteiger partial charge on any atom is -0.478 e. The number of carboxylic acids is 1. The molecule has 98 valence electrons. The van der Waals surface area contributed by atoms with Gasteiger partial charge in [0.05, 0.1) is 11.3 Å². The molecule has 0 amide bonds. The lowest BCUT2D eigenvalue weighted by atomic mass is 10.2. The molecule has 0 radical (unpaired) electrons. The van der Waals surface area contributed by atoms with Crippen molar-refractivity contribution in [1.82, 2.24) is 4.98 Å². The molecule has 1 heterocycles. The molecule has 0 aliphatic rings. The number of aromatic carboxylic acids is 1. The second-order valence-corrected chi connectivity index (χ2v) is 5.10. The van der Waals surface area contributed by atoms with Crippen LogP contribution in [0.5, 0.6) is 0 Å². The predicted molar refractivity (Wildman–Crippen MR) is 78.3 cm³/mol. The van der Waals surface area contributed by atoms with Gasteiger partial charge in [0.15, 0.2) is 0 Å². The summed E-state index contributed by atoms with van der Waals surface area (Å²) in [4.78, 5) is 15.2. The molecule has 6 heteroatoms. The number of pyridine rings is 1. The third-order valence-electron chi connectivity index (χ3n) is 2.39. The van der Waals surface area contributed by atoms with Crippen LogP contribution in [0.25, 0.3) is 0 Å². The van der Waals surface area contributed by atoms with Gasteiger partial charge in [-0.25, -0.2) is 14.2 Å². The van der Waals surface area contributed by atoms with Gasteiger partial charge >= 0.3 is 5.97 Å². The van der Waals surface area contributed by atoms with Crippen molar-refractivity contribution >= 4 is 40.1 Å². The highest BCUT2D eigenvalue weighted by Gasteiger charge is 2.08. The van der Waals surface area contributed by atoms with E-state index in [0.29, 0.717) is 20.8 Å². The number of anilines is 2. The number of carbonyl (C=O) groups is 1. The van der Waals surface area contributed by atoms with Gasteiger partial charge < -0.3 is 10.4 Å². The zero-order valence-electron chi connectivity index (χ0n) is 9.95. The summed E-state index contributed by atoms with van der Waals surface area (Å²) < 4.78 is 13.7. The monoisotopic (exact) mass is 372 g/mol. The Morgan fingerprint density at radius 2 is 2.11 bits per heavy atom. The van der Waals surface area contributed by atoms with Crippen molar-refractivity contribution < 1.29 is 14.3 Å². The fourth-order valence-electron chi connectivity index (χ4n) is 1.58. The highest BCUT2D eigenvalue weighted by molar-refractivity contribution is 14.1. The highest BCUT2D eigenvalue weighted by atomic mass is 127. The van der Waals surface area contributed by atoms with E-state index in [4.69, 9.17) is 5.11 Å². The normalized spacial score (nSPS) is 10.3. The number of rotatable bonds is 3. The first kappa shape index (κ1) is 13.7. The first-order valence-corrected chi connectivity index (χ1v) is 6.47. The number of nitrogens with zero attached hydrogens (tertiary/aromatic N) is 1. The zero-order valence-corrected chi connectivity index (χ0v) is 12.1. The van der Waals surface area contributed by atoms with E-state index in [1.807, 2.05) is 22.6 Å². The van der Waals surface area contributed by atoms with Gasteiger partial charge in [0.1, 0.15) is 11.6 Å². The quantitative estimate of drug-likeness (QED) is 0.809. The maximum Gasteiger partial charge on any atom is 0.335 e. The molecule has 2 aromatic rings. The van der Waals surface area contributed by atoms with Gasteiger partial charge in [-0.1, -0.05) is 0 Å². The van der Waals surface area contributed by atoms with E-state index in [1.54, 1.807) is 13.0 Å². The summed E-state index contributed by atoms with van der Waals surface area (Å²) in [5.41, 5.74) is 1.43. The lowest BCUT2D eigenvalue weighted by Crippen LogP contribution is -2.02. The van der Waals surface area contributed by atoms with Crippen LogP contribution in [0.1, 0.15) is 16.1 Å². The molecule has 0 bridgehead atoms. The molecule has 2 N–H and O–H groups in total. The van der Waals surface area contributed by atoms with Crippen molar-refractivity contribution in [2.45, 2.75) is 6.92 Å². The van der Waals surface area contributed by atoms with Crippen LogP contribution in [0.2, 0.25) is 0 Å². The van der Waals surface area contributed by atoms with Crippen LogP contribution in [0.4, 0.5) is 15.9 Å². The maximum atomic E-state index is 13.0. The average molecular weight is 372 g/mol. The van der Waals surface area contributed by atoms with E-state index in [-0.39, 0.29) is 11.4 Å². The van der Waals surface area contributed by atoms with E-state index in [2.05, 4.69) is 10.3 Å². The Morgan fingerprint density at radius 1 is 1.37 bits per heavy atom. The SMILES string of the molecule is Cc1cc(C(=O)O)cc(Nc2ccc(F)cc2I)n1. The number of aryl methyl sites for hydroxylation is 1. The topological polar surface area (TPSA) is 62.2 Å². The minimum atomic E-state index is -1.01. The van der Waals surface area contributed by atoms with Gasteiger partial charge in [-0.05, 0) is 59.8 Å². The predicted octanol–water partition coefficient (Wildman–Crippen LogP) is 3.58. The number of hydrogen-bond donors (Lipinski definition) is 2. The Morgan fingerprint density at radius 3 is 2.74 bits per heavy atom. The summed E-state index contributed by atoms with van der Waals surface area (Å²) in [7, 11) is 0. The molecular weight excluding hydrogens is 362 g/mol. The molecule has 0 atom stereocenters. The Labute approximate surface area is 122 Å². The number of benzene rings is 1. The lowest BCUT2D eigenvalue weighted by Gasteiger charge is -2.09. The van der Waals surface area contributed by atoms with Crippen LogP contribution in [-0.2, 0) is 0 Å². The molecule has 2 rings (SSSR count). The van der Waals surface area contributed by atoms with E-state index in [1.165, 1.54) is 24.3 Å². The summed E-state index contributed by atoms with van der Waals surface area (Å²) in [6.45, 7) is 1.72. The van der Waals surface area contributed by atoms with Crippen molar-refractivity contribution in [3.8, 4) is 0 Å². The van der Waals surface area contributed by atoms with Crippen molar-refractivity contribution in [2.75, 3.05) is 5.32 Å². The molecule has 1 aromatic carbocycles. The van der Waals surface area contributed by atoms with Crippen molar-refractivity contribution in [2.24, 2.45) is 0 Å². The molecule has 19 heavy (non-hydrogen) atoms. The summed E-state index contributed by atoms with van der Waals surface area (Å²) in [5, 5.41) is 12.0. The van der Waals surface area contributed by atoms with Gasteiger partial charge in [-0.15, -0.1) is 0 Å². The van der Waals surface area contributed by atoms with E-state index >= 15 is 0 Å². The fourth-order valence-corrected chi connectivity index (χ4v) is 2.20. The Balaban J connectivity index is 2.35. The lowest BCUT2D eigenvalue weighted by molar-refractivity contribution is 0.0696. The Bertz CT molecular complexity index is 647. The summed E-state index contributed by atoms with van der Waals surface area (Å²) >= 11 is 2.00. The van der Waals surface area contributed by atoms with Gasteiger partial charge in [-0.2, -0.15) is 0 Å². The number of hydrogen-bond acceptors (Lipinski definition) is 3. The second-order valence-electron chi connectivity index (χ2n) is 3.94. The second kappa shape index (κ2) is 5.52. The van der Waals surface area contributed by atoms with Crippen molar-refractivity contribution in [3.05, 3.63) is 51.0 Å². The third-order valence-corrected chi connectivity index (χ3v) is 3.29. The van der Waals surface area contributed by atoms with Gasteiger partial charge in [-0.3, -0.25) is 0 Å². The third kappa shape index (κ3) is 3.40. The summed E-state index contributed by atoms with van der Waals surface area (Å²) in [6.07, 6.45) is 0. The van der Waals surface area contributed by atoms with Gasteiger partial charge in [0.25, 0.3) is 0 Å². The Kier molecular flexibility index (Phi) is 3.98. The van der Waals surface area contributed by atoms with Crippen molar-refractivity contribution in [1.29, 1.82) is 0 Å². The Hall–Kier alpha value is -1.70. The van der Waals surface area contributed by atoms with E-state index in [0.717, 1.165) is 0 Å². The van der Waals surface area contributed by atoms with Gasteiger partial charge in [0.2, 0.25) is 0 Å². The fraction of sp³-hybridized carbons (Fsp3) is 0.0769. The molecule has 0 spiro atoms. The average Bonchev–Trinajstić information content (AvgIpc) is 2.32. The number of nitrogens with one attached hydrogen (secondary N) is 1. The molecule has 0 unspecified atom stereocenters. The zero-order chi connectivity index (χ0) is 14.0. The van der Waals surface area contributed by atoms with Crippen LogP contribution in [0.3, 0.4) is 0 Å². The van der Waals surface area contributed by atoms with E-state index < -0.39 is 5.97 Å². The summed E-state index contributed by atoms with van der Waals surface area (Å²) in [5.74, 6) is -0.914. The van der Waals surface area contributed by atoms with Crippen LogP contribution in [0.15, 0.2) is 30.3 Å². The molecule has 0 aliphatic heterocycles. The smallest absolute Gasteiger partial charge is 0.335 e. The minimum absolute atomic E-state index is 0.159. The number of halogens is 2. The van der Waals surface area contributed by atoms with Crippen molar-refractivity contribution in [3.63, 3.8) is 0 Å². The first-order chi connectivity index (χ1) is 8.95. The van der Waals surface area contributed by atoms with Crippen LogP contribution in [0, 0.1) is 16.3 Å². The molecule has 0 saturated carbocycles. The molecular formula is C13H10FIN2O2. The standard InChI is InChI=1S/C13H10FIN2O2/c1-7-4-8(13(18)19)5-12(16-7)17-11-3-2-9(14)6-10(11)15/h2-6H,1H3,(H,16,17)(H,18,19). The van der Waals surface area contributed by atoms with Crippen LogP contribution >= 0.6 is 22.6 Å². The molecule has 0 saturated heterocycles. The van der Waals surface area contributed by atoms with Crippen LogP contribution in [-0.4, -0.2) is 16.1 Å². The van der Waals surface area contributed by atoms with E-state index in [9.17, 15) is 9.18 Å². The van der Waals surface area contributed by atoms with Gasteiger partial charge in [0, 0.05) is 9.26 Å².